The Kier molecular flexibility index (Phi) is 4.00. The number of sulfonamides is 1. The van der Waals surface area contributed by atoms with Crippen molar-refractivity contribution in [1.82, 2.24) is 0 Å². The average molecular weight is 303 g/mol. The lowest BCUT2D eigenvalue weighted by Crippen LogP contribution is -2.14. The van der Waals surface area contributed by atoms with Crippen LogP contribution < -0.4 is 15.2 Å². The van der Waals surface area contributed by atoms with E-state index in [4.69, 9.17) is 15.7 Å². The van der Waals surface area contributed by atoms with Crippen LogP contribution >= 0.6 is 0 Å². The monoisotopic (exact) mass is 303 g/mol. The molecule has 0 bridgehead atoms. The second-order valence-electron chi connectivity index (χ2n) is 4.21. The van der Waals surface area contributed by atoms with Gasteiger partial charge in [0.05, 0.1) is 24.4 Å². The van der Waals surface area contributed by atoms with Crippen LogP contribution in [-0.2, 0) is 10.0 Å². The molecule has 0 saturated carbocycles. The third-order valence-electron chi connectivity index (χ3n) is 2.72. The van der Waals surface area contributed by atoms with Gasteiger partial charge in [-0.15, -0.1) is 0 Å². The molecule has 0 aliphatic carbocycles. The largest absolute Gasteiger partial charge is 0.495 e. The van der Waals surface area contributed by atoms with E-state index in [9.17, 15) is 8.42 Å². The zero-order valence-corrected chi connectivity index (χ0v) is 12.0. The molecule has 0 amide bonds. The van der Waals surface area contributed by atoms with Crippen molar-refractivity contribution in [3.63, 3.8) is 0 Å². The maximum atomic E-state index is 12.4. The van der Waals surface area contributed by atoms with Crippen molar-refractivity contribution in [2.75, 3.05) is 17.6 Å². The van der Waals surface area contributed by atoms with Crippen molar-refractivity contribution in [3.8, 4) is 11.8 Å². The lowest BCUT2D eigenvalue weighted by molar-refractivity contribution is 0.403. The van der Waals surface area contributed by atoms with Crippen molar-refractivity contribution < 1.29 is 13.2 Å². The Morgan fingerprint density at radius 3 is 2.67 bits per heavy atom. The highest BCUT2D eigenvalue weighted by Gasteiger charge is 2.19. The standard InChI is InChI=1S/C14H13N3O3S/c1-20-13-8-11(16)5-6-14(13)21(18,19)17-12-4-2-3-10(7-12)9-15/h2-8,17H,16H2,1H3. The van der Waals surface area contributed by atoms with Gasteiger partial charge in [0.25, 0.3) is 10.0 Å². The highest BCUT2D eigenvalue weighted by atomic mass is 32.2. The number of methoxy groups -OCH3 is 1. The molecule has 2 aromatic rings. The van der Waals surface area contributed by atoms with Crippen LogP contribution in [-0.4, -0.2) is 15.5 Å². The quantitative estimate of drug-likeness (QED) is 0.840. The third-order valence-corrected chi connectivity index (χ3v) is 4.14. The van der Waals surface area contributed by atoms with Gasteiger partial charge in [-0.2, -0.15) is 5.26 Å². The van der Waals surface area contributed by atoms with Crippen LogP contribution in [0.2, 0.25) is 0 Å². The number of rotatable bonds is 4. The minimum absolute atomic E-state index is 0.0263. The number of nitrogens with zero attached hydrogens (tertiary/aromatic N) is 1. The number of hydrogen-bond acceptors (Lipinski definition) is 5. The van der Waals surface area contributed by atoms with Gasteiger partial charge in [-0.05, 0) is 30.3 Å². The van der Waals surface area contributed by atoms with E-state index < -0.39 is 10.0 Å². The summed E-state index contributed by atoms with van der Waals surface area (Å²) in [6, 6.07) is 12.4. The molecule has 0 aliphatic rings. The van der Waals surface area contributed by atoms with Crippen LogP contribution in [0.15, 0.2) is 47.4 Å². The number of benzene rings is 2. The Hall–Kier alpha value is -2.72. The van der Waals surface area contributed by atoms with Gasteiger partial charge in [0.1, 0.15) is 10.6 Å². The number of nitriles is 1. The third kappa shape index (κ3) is 3.24. The zero-order valence-electron chi connectivity index (χ0n) is 11.2. The molecule has 3 N–H and O–H groups in total. The number of hydrogen-bond donors (Lipinski definition) is 2. The molecule has 0 heterocycles. The van der Waals surface area contributed by atoms with Crippen molar-refractivity contribution in [1.29, 1.82) is 5.26 Å². The summed E-state index contributed by atoms with van der Waals surface area (Å²) in [7, 11) is -2.47. The van der Waals surface area contributed by atoms with Crippen molar-refractivity contribution in [2.24, 2.45) is 0 Å². The Morgan fingerprint density at radius 1 is 1.24 bits per heavy atom. The van der Waals surface area contributed by atoms with Crippen molar-refractivity contribution >= 4 is 21.4 Å². The molecule has 0 fully saturated rings. The van der Waals surface area contributed by atoms with Crippen LogP contribution in [0, 0.1) is 11.3 Å². The molecule has 108 valence electrons. The van der Waals surface area contributed by atoms with Gasteiger partial charge in [-0.3, -0.25) is 4.72 Å². The molecule has 21 heavy (non-hydrogen) atoms. The maximum Gasteiger partial charge on any atom is 0.265 e. The van der Waals surface area contributed by atoms with Crippen molar-refractivity contribution in [2.45, 2.75) is 4.90 Å². The van der Waals surface area contributed by atoms with E-state index in [2.05, 4.69) is 4.72 Å². The van der Waals surface area contributed by atoms with Gasteiger partial charge in [0, 0.05) is 11.8 Å². The van der Waals surface area contributed by atoms with Crippen LogP contribution in [0.1, 0.15) is 5.56 Å². The number of ether oxygens (including phenoxy) is 1. The second-order valence-corrected chi connectivity index (χ2v) is 5.86. The Labute approximate surface area is 122 Å². The summed E-state index contributed by atoms with van der Waals surface area (Å²) in [5.41, 5.74) is 6.67. The van der Waals surface area contributed by atoms with E-state index in [-0.39, 0.29) is 10.6 Å². The van der Waals surface area contributed by atoms with Gasteiger partial charge in [0.2, 0.25) is 0 Å². The maximum absolute atomic E-state index is 12.4. The number of nitrogens with one attached hydrogen (secondary N) is 1. The van der Waals surface area contributed by atoms with E-state index in [1.54, 1.807) is 18.2 Å². The van der Waals surface area contributed by atoms with E-state index >= 15 is 0 Å². The number of nitrogen functional groups attached to an aromatic ring is 1. The minimum Gasteiger partial charge on any atom is -0.495 e. The van der Waals surface area contributed by atoms with Gasteiger partial charge < -0.3 is 10.5 Å². The van der Waals surface area contributed by atoms with E-state index in [1.807, 2.05) is 6.07 Å². The van der Waals surface area contributed by atoms with Crippen molar-refractivity contribution in [3.05, 3.63) is 48.0 Å². The lowest BCUT2D eigenvalue weighted by Gasteiger charge is -2.12. The first-order chi connectivity index (χ1) is 9.96. The van der Waals surface area contributed by atoms with Gasteiger partial charge in [-0.1, -0.05) is 6.07 Å². The highest BCUT2D eigenvalue weighted by molar-refractivity contribution is 7.92. The average Bonchev–Trinajstić information content (AvgIpc) is 2.46. The molecule has 2 rings (SSSR count). The van der Waals surface area contributed by atoms with E-state index in [0.29, 0.717) is 16.9 Å². The number of nitrogens with two attached hydrogens (primary N) is 1. The molecule has 0 unspecified atom stereocenters. The molecule has 7 heteroatoms. The molecular formula is C14H13N3O3S. The van der Waals surface area contributed by atoms with E-state index in [1.165, 1.54) is 31.4 Å². The fourth-order valence-electron chi connectivity index (χ4n) is 1.77. The predicted octanol–water partition coefficient (Wildman–Crippen LogP) is 1.95. The molecule has 0 atom stereocenters. The predicted molar refractivity (Wildman–Crippen MR) is 79.4 cm³/mol. The number of anilines is 2. The van der Waals surface area contributed by atoms with Gasteiger partial charge >= 0.3 is 0 Å². The van der Waals surface area contributed by atoms with Crippen LogP contribution in [0.4, 0.5) is 11.4 Å². The second kappa shape index (κ2) is 5.73. The summed E-state index contributed by atoms with van der Waals surface area (Å²) < 4.78 is 32.2. The van der Waals surface area contributed by atoms with E-state index in [0.717, 1.165) is 0 Å². The molecule has 2 aromatic carbocycles. The van der Waals surface area contributed by atoms with Crippen LogP contribution in [0.5, 0.6) is 5.75 Å². The fraction of sp³-hybridized carbons (Fsp3) is 0.0714. The normalized spacial score (nSPS) is 10.7. The fourth-order valence-corrected chi connectivity index (χ4v) is 2.97. The Morgan fingerprint density at radius 2 is 2.00 bits per heavy atom. The summed E-state index contributed by atoms with van der Waals surface area (Å²) in [6.07, 6.45) is 0. The summed E-state index contributed by atoms with van der Waals surface area (Å²) in [5, 5.41) is 8.83. The van der Waals surface area contributed by atoms with Gasteiger partial charge in [0.15, 0.2) is 0 Å². The molecule has 0 saturated heterocycles. The zero-order chi connectivity index (χ0) is 15.5. The lowest BCUT2D eigenvalue weighted by atomic mass is 10.2. The Bertz CT molecular complexity index is 810. The topological polar surface area (TPSA) is 105 Å². The summed E-state index contributed by atoms with van der Waals surface area (Å²) in [4.78, 5) is -0.0263. The molecule has 0 radical (unpaired) electrons. The molecule has 0 spiro atoms. The SMILES string of the molecule is COc1cc(N)ccc1S(=O)(=O)Nc1cccc(C#N)c1. The summed E-state index contributed by atoms with van der Waals surface area (Å²) in [6.45, 7) is 0. The first-order valence-corrected chi connectivity index (χ1v) is 7.41. The summed E-state index contributed by atoms with van der Waals surface area (Å²) >= 11 is 0. The first kappa shape index (κ1) is 14.7. The Balaban J connectivity index is 2.41. The van der Waals surface area contributed by atoms with Gasteiger partial charge in [-0.25, -0.2) is 8.42 Å². The minimum atomic E-state index is -3.84. The molecular weight excluding hydrogens is 290 g/mol. The molecule has 6 nitrogen and oxygen atoms in total. The highest BCUT2D eigenvalue weighted by Crippen LogP contribution is 2.27. The van der Waals surface area contributed by atoms with Crippen LogP contribution in [0.25, 0.3) is 0 Å². The smallest absolute Gasteiger partial charge is 0.265 e. The first-order valence-electron chi connectivity index (χ1n) is 5.93. The summed E-state index contributed by atoms with van der Waals surface area (Å²) in [5.74, 6) is 0.152. The van der Waals surface area contributed by atoms with Crippen LogP contribution in [0.3, 0.4) is 0 Å². The molecule has 0 aliphatic heterocycles. The molecule has 0 aromatic heterocycles.